The number of hydrogen-bond donors (Lipinski definition) is 3. The van der Waals surface area contributed by atoms with Gasteiger partial charge in [-0.25, -0.2) is 9.37 Å². The van der Waals surface area contributed by atoms with Crippen LogP contribution in [-0.4, -0.2) is 27.7 Å². The Kier molecular flexibility index (Phi) is 4.60. The molecule has 8 heteroatoms. The largest absolute Gasteiger partial charge is 0.355 e. The third-order valence-corrected chi connectivity index (χ3v) is 3.50. The fraction of sp³-hybridized carbons (Fsp3) is 0.118. The molecule has 3 aromatic rings. The molecule has 0 aliphatic rings. The lowest BCUT2D eigenvalue weighted by molar-refractivity contribution is 0.0964. The highest BCUT2D eigenvalue weighted by molar-refractivity contribution is 6.00. The third-order valence-electron chi connectivity index (χ3n) is 3.50. The zero-order valence-corrected chi connectivity index (χ0v) is 13.7. The first-order chi connectivity index (χ1) is 12.1. The summed E-state index contributed by atoms with van der Waals surface area (Å²) in [5.74, 6) is -0.330. The van der Waals surface area contributed by atoms with Gasteiger partial charge in [0.05, 0.1) is 35.0 Å². The van der Waals surface area contributed by atoms with Gasteiger partial charge in [0.15, 0.2) is 5.82 Å². The van der Waals surface area contributed by atoms with Crippen LogP contribution < -0.4 is 16.0 Å². The molecule has 3 rings (SSSR count). The molecule has 2 aromatic heterocycles. The maximum atomic E-state index is 14.1. The predicted molar refractivity (Wildman–Crippen MR) is 93.8 cm³/mol. The van der Waals surface area contributed by atoms with Crippen molar-refractivity contribution in [2.45, 2.75) is 0 Å². The van der Waals surface area contributed by atoms with E-state index in [0.29, 0.717) is 17.1 Å². The molecule has 128 valence electrons. The number of hydrogen-bond acceptors (Lipinski definition) is 5. The number of carbonyl (C=O) groups is 1. The van der Waals surface area contributed by atoms with Crippen LogP contribution in [0.15, 0.2) is 48.9 Å². The number of benzene rings is 1. The van der Waals surface area contributed by atoms with Crippen molar-refractivity contribution in [2.75, 3.05) is 17.7 Å². The zero-order valence-electron chi connectivity index (χ0n) is 13.7. The fourth-order valence-electron chi connectivity index (χ4n) is 2.31. The van der Waals surface area contributed by atoms with E-state index in [1.807, 2.05) is 0 Å². The molecule has 0 saturated heterocycles. The van der Waals surface area contributed by atoms with Gasteiger partial charge in [0.2, 0.25) is 0 Å². The molecule has 1 amide bonds. The monoisotopic (exact) mass is 340 g/mol. The van der Waals surface area contributed by atoms with Gasteiger partial charge in [0.25, 0.3) is 5.91 Å². The lowest BCUT2D eigenvalue weighted by Gasteiger charge is -2.13. The summed E-state index contributed by atoms with van der Waals surface area (Å²) < 4.78 is 15.8. The highest BCUT2D eigenvalue weighted by Crippen LogP contribution is 2.25. The van der Waals surface area contributed by atoms with Crippen molar-refractivity contribution in [1.29, 1.82) is 0 Å². The summed E-state index contributed by atoms with van der Waals surface area (Å²) in [4.78, 5) is 16.0. The van der Waals surface area contributed by atoms with Crippen molar-refractivity contribution < 1.29 is 9.18 Å². The van der Waals surface area contributed by atoms with E-state index < -0.39 is 5.82 Å². The molecule has 25 heavy (non-hydrogen) atoms. The minimum Gasteiger partial charge on any atom is -0.355 e. The second-order valence-electron chi connectivity index (χ2n) is 5.33. The Morgan fingerprint density at radius 3 is 2.68 bits per heavy atom. The first-order valence-corrected chi connectivity index (χ1v) is 7.56. The van der Waals surface area contributed by atoms with Crippen LogP contribution in [-0.2, 0) is 7.05 Å². The molecule has 0 saturated carbocycles. The fourth-order valence-corrected chi connectivity index (χ4v) is 2.31. The first-order valence-electron chi connectivity index (χ1n) is 7.56. The smallest absolute Gasteiger partial charge is 0.253 e. The van der Waals surface area contributed by atoms with Crippen LogP contribution >= 0.6 is 0 Å². The van der Waals surface area contributed by atoms with Crippen molar-refractivity contribution >= 4 is 28.8 Å². The van der Waals surface area contributed by atoms with Crippen LogP contribution in [0.25, 0.3) is 0 Å². The topological polar surface area (TPSA) is 83.9 Å². The Morgan fingerprint density at radius 2 is 1.96 bits per heavy atom. The normalized spacial score (nSPS) is 10.4. The molecule has 2 heterocycles. The summed E-state index contributed by atoms with van der Waals surface area (Å²) in [6.07, 6.45) is 4.53. The van der Waals surface area contributed by atoms with Crippen LogP contribution in [0.3, 0.4) is 0 Å². The van der Waals surface area contributed by atoms with E-state index in [9.17, 15) is 9.18 Å². The van der Waals surface area contributed by atoms with Crippen LogP contribution in [0, 0.1) is 5.82 Å². The Labute approximate surface area is 143 Å². The number of aryl methyl sites for hydroxylation is 1. The van der Waals surface area contributed by atoms with E-state index in [4.69, 9.17) is 0 Å². The highest BCUT2D eigenvalue weighted by Gasteiger charge is 2.12. The van der Waals surface area contributed by atoms with Crippen LogP contribution in [0.2, 0.25) is 0 Å². The molecule has 0 aliphatic heterocycles. The number of halogens is 1. The standard InChI is InChI=1S/C17H17FN6O/c1-19-17(25)12-5-3-4-6-14(12)23-15-7-16(20-9-13(15)18)22-11-8-21-24(2)10-11/h3-10H,1-2H3,(H,19,25)(H2,20,22,23). The van der Waals surface area contributed by atoms with E-state index in [0.717, 1.165) is 11.9 Å². The number of nitrogens with zero attached hydrogens (tertiary/aromatic N) is 3. The minimum atomic E-state index is -0.525. The number of aromatic nitrogens is 3. The van der Waals surface area contributed by atoms with E-state index in [1.54, 1.807) is 55.4 Å². The number of para-hydroxylation sites is 1. The second kappa shape index (κ2) is 7.00. The van der Waals surface area contributed by atoms with Gasteiger partial charge in [-0.2, -0.15) is 5.10 Å². The lowest BCUT2D eigenvalue weighted by Crippen LogP contribution is -2.19. The Balaban J connectivity index is 1.88. The maximum Gasteiger partial charge on any atom is 0.253 e. The maximum absolute atomic E-state index is 14.1. The average Bonchev–Trinajstić information content (AvgIpc) is 3.02. The molecule has 3 N–H and O–H groups in total. The van der Waals surface area contributed by atoms with Gasteiger partial charge in [0.1, 0.15) is 5.82 Å². The molecular weight excluding hydrogens is 323 g/mol. The molecule has 0 radical (unpaired) electrons. The molecule has 0 unspecified atom stereocenters. The quantitative estimate of drug-likeness (QED) is 0.665. The van der Waals surface area contributed by atoms with Crippen molar-refractivity contribution in [3.8, 4) is 0 Å². The predicted octanol–water partition coefficient (Wildman–Crippen LogP) is 2.80. The number of anilines is 4. The van der Waals surface area contributed by atoms with Crippen molar-refractivity contribution in [1.82, 2.24) is 20.1 Å². The number of nitrogens with one attached hydrogen (secondary N) is 3. The van der Waals surface area contributed by atoms with Crippen molar-refractivity contribution in [3.63, 3.8) is 0 Å². The van der Waals surface area contributed by atoms with Crippen LogP contribution in [0.4, 0.5) is 27.3 Å². The van der Waals surface area contributed by atoms with Gasteiger partial charge >= 0.3 is 0 Å². The van der Waals surface area contributed by atoms with E-state index in [2.05, 4.69) is 26.0 Å². The molecule has 0 spiro atoms. The van der Waals surface area contributed by atoms with Gasteiger partial charge < -0.3 is 16.0 Å². The van der Waals surface area contributed by atoms with Crippen molar-refractivity contribution in [2.24, 2.45) is 7.05 Å². The number of carbonyl (C=O) groups excluding carboxylic acids is 1. The lowest BCUT2D eigenvalue weighted by atomic mass is 10.1. The van der Waals surface area contributed by atoms with Gasteiger partial charge in [-0.15, -0.1) is 0 Å². The van der Waals surface area contributed by atoms with E-state index in [-0.39, 0.29) is 11.6 Å². The van der Waals surface area contributed by atoms with Gasteiger partial charge in [-0.1, -0.05) is 12.1 Å². The molecule has 0 bridgehead atoms. The van der Waals surface area contributed by atoms with Gasteiger partial charge in [0, 0.05) is 26.4 Å². The average molecular weight is 340 g/mol. The Hall–Kier alpha value is -3.42. The zero-order chi connectivity index (χ0) is 17.8. The minimum absolute atomic E-state index is 0.206. The van der Waals surface area contributed by atoms with Crippen LogP contribution in [0.5, 0.6) is 0 Å². The molecule has 0 atom stereocenters. The number of rotatable bonds is 5. The molecule has 7 nitrogen and oxygen atoms in total. The summed E-state index contributed by atoms with van der Waals surface area (Å²) in [6, 6.07) is 8.41. The molecule has 0 fully saturated rings. The number of amides is 1. The molecule has 0 aliphatic carbocycles. The third kappa shape index (κ3) is 3.74. The first kappa shape index (κ1) is 16.4. The van der Waals surface area contributed by atoms with Gasteiger partial charge in [-0.05, 0) is 12.1 Å². The molecular formula is C17H17FN6O. The summed E-state index contributed by atoms with van der Waals surface area (Å²) in [5, 5.41) is 12.6. The Bertz CT molecular complexity index is 908. The summed E-state index contributed by atoms with van der Waals surface area (Å²) in [5.41, 5.74) is 1.86. The Morgan fingerprint density at radius 1 is 1.16 bits per heavy atom. The SMILES string of the molecule is CNC(=O)c1ccccc1Nc1cc(Nc2cnn(C)c2)ncc1F. The van der Waals surface area contributed by atoms with Crippen molar-refractivity contribution in [3.05, 3.63) is 60.3 Å². The van der Waals surface area contributed by atoms with E-state index in [1.165, 1.54) is 6.07 Å². The summed E-state index contributed by atoms with van der Waals surface area (Å²) in [6.45, 7) is 0. The molecule has 1 aromatic carbocycles. The summed E-state index contributed by atoms with van der Waals surface area (Å²) in [7, 11) is 3.34. The second-order valence-corrected chi connectivity index (χ2v) is 5.33. The highest BCUT2D eigenvalue weighted by atomic mass is 19.1. The summed E-state index contributed by atoms with van der Waals surface area (Å²) >= 11 is 0. The van der Waals surface area contributed by atoms with E-state index >= 15 is 0 Å². The van der Waals surface area contributed by atoms with Crippen LogP contribution in [0.1, 0.15) is 10.4 Å². The number of pyridine rings is 1. The van der Waals surface area contributed by atoms with Gasteiger partial charge in [-0.3, -0.25) is 9.48 Å².